The molecule has 1 aromatic heterocycles. The summed E-state index contributed by atoms with van der Waals surface area (Å²) >= 11 is 3.42. The standard InChI is InChI=1S/C15H16BrNO3/c1-3-19-13-5-4-12(8-11(13)9-16)17-15(18)14-10(2)6-7-20-14/h4-8H,3,9H2,1-2H3,(H,17,18). The zero-order valence-corrected chi connectivity index (χ0v) is 13.0. The van der Waals surface area contributed by atoms with Crippen LogP contribution in [0.25, 0.3) is 0 Å². The van der Waals surface area contributed by atoms with Crippen LogP contribution in [0.4, 0.5) is 5.69 Å². The number of hydrogen-bond acceptors (Lipinski definition) is 3. The molecule has 0 radical (unpaired) electrons. The van der Waals surface area contributed by atoms with E-state index in [9.17, 15) is 4.79 Å². The van der Waals surface area contributed by atoms with Crippen LogP contribution in [0, 0.1) is 6.92 Å². The summed E-state index contributed by atoms with van der Waals surface area (Å²) in [4.78, 5) is 12.1. The van der Waals surface area contributed by atoms with Crippen molar-refractivity contribution in [2.75, 3.05) is 11.9 Å². The number of anilines is 1. The van der Waals surface area contributed by atoms with E-state index in [2.05, 4.69) is 21.2 Å². The molecule has 0 bridgehead atoms. The largest absolute Gasteiger partial charge is 0.494 e. The van der Waals surface area contributed by atoms with Crippen molar-refractivity contribution in [2.45, 2.75) is 19.2 Å². The fourth-order valence-corrected chi connectivity index (χ4v) is 2.29. The number of halogens is 1. The molecule has 1 aromatic carbocycles. The fraction of sp³-hybridized carbons (Fsp3) is 0.267. The lowest BCUT2D eigenvalue weighted by atomic mass is 10.2. The normalized spacial score (nSPS) is 10.3. The van der Waals surface area contributed by atoms with Crippen molar-refractivity contribution in [2.24, 2.45) is 0 Å². The van der Waals surface area contributed by atoms with E-state index in [1.807, 2.05) is 32.0 Å². The summed E-state index contributed by atoms with van der Waals surface area (Å²) in [5, 5.41) is 3.48. The Morgan fingerprint density at radius 1 is 1.40 bits per heavy atom. The molecule has 106 valence electrons. The average Bonchev–Trinajstić information content (AvgIpc) is 2.87. The van der Waals surface area contributed by atoms with Crippen LogP contribution in [0.3, 0.4) is 0 Å². The Kier molecular flexibility index (Phi) is 4.84. The summed E-state index contributed by atoms with van der Waals surface area (Å²) in [6, 6.07) is 7.31. The van der Waals surface area contributed by atoms with Gasteiger partial charge in [0.05, 0.1) is 12.9 Å². The zero-order valence-electron chi connectivity index (χ0n) is 11.4. The lowest BCUT2D eigenvalue weighted by Gasteiger charge is -2.11. The number of nitrogens with one attached hydrogen (secondary N) is 1. The molecule has 4 nitrogen and oxygen atoms in total. The van der Waals surface area contributed by atoms with Gasteiger partial charge in [-0.2, -0.15) is 0 Å². The maximum Gasteiger partial charge on any atom is 0.291 e. The Balaban J connectivity index is 2.18. The number of ether oxygens (including phenoxy) is 1. The molecule has 20 heavy (non-hydrogen) atoms. The van der Waals surface area contributed by atoms with E-state index < -0.39 is 0 Å². The number of aryl methyl sites for hydroxylation is 1. The van der Waals surface area contributed by atoms with Crippen LogP contribution in [-0.4, -0.2) is 12.5 Å². The van der Waals surface area contributed by atoms with E-state index in [0.717, 1.165) is 16.9 Å². The second-order valence-electron chi connectivity index (χ2n) is 4.28. The average molecular weight is 338 g/mol. The Bertz CT molecular complexity index is 607. The van der Waals surface area contributed by atoms with E-state index in [1.165, 1.54) is 6.26 Å². The molecule has 0 atom stereocenters. The minimum absolute atomic E-state index is 0.253. The third-order valence-electron chi connectivity index (χ3n) is 2.83. The highest BCUT2D eigenvalue weighted by atomic mass is 79.9. The summed E-state index contributed by atoms with van der Waals surface area (Å²) in [6.45, 7) is 4.38. The van der Waals surface area contributed by atoms with E-state index in [1.54, 1.807) is 6.07 Å². The van der Waals surface area contributed by atoms with Gasteiger partial charge in [-0.25, -0.2) is 0 Å². The van der Waals surface area contributed by atoms with E-state index in [0.29, 0.717) is 23.4 Å². The first-order valence-electron chi connectivity index (χ1n) is 6.32. The minimum atomic E-state index is -0.253. The maximum absolute atomic E-state index is 12.1. The first kappa shape index (κ1) is 14.7. The second kappa shape index (κ2) is 6.61. The quantitative estimate of drug-likeness (QED) is 0.834. The van der Waals surface area contributed by atoms with Crippen LogP contribution >= 0.6 is 15.9 Å². The van der Waals surface area contributed by atoms with Crippen LogP contribution in [0.15, 0.2) is 34.9 Å². The van der Waals surface area contributed by atoms with Crippen molar-refractivity contribution in [3.63, 3.8) is 0 Å². The highest BCUT2D eigenvalue weighted by Gasteiger charge is 2.13. The molecule has 1 heterocycles. The van der Waals surface area contributed by atoms with Crippen LogP contribution in [-0.2, 0) is 5.33 Å². The monoisotopic (exact) mass is 337 g/mol. The van der Waals surface area contributed by atoms with Gasteiger partial charge in [0.25, 0.3) is 5.91 Å². The van der Waals surface area contributed by atoms with E-state index >= 15 is 0 Å². The van der Waals surface area contributed by atoms with Gasteiger partial charge in [0, 0.05) is 22.1 Å². The van der Waals surface area contributed by atoms with Gasteiger partial charge >= 0.3 is 0 Å². The van der Waals surface area contributed by atoms with Gasteiger partial charge in [-0.3, -0.25) is 4.79 Å². The molecule has 0 saturated carbocycles. The van der Waals surface area contributed by atoms with Gasteiger partial charge < -0.3 is 14.5 Å². The minimum Gasteiger partial charge on any atom is -0.494 e. The third kappa shape index (κ3) is 3.22. The van der Waals surface area contributed by atoms with Gasteiger partial charge in [0.15, 0.2) is 5.76 Å². The number of alkyl halides is 1. The molecule has 0 aliphatic carbocycles. The highest BCUT2D eigenvalue weighted by molar-refractivity contribution is 9.08. The lowest BCUT2D eigenvalue weighted by Crippen LogP contribution is -2.12. The molecule has 5 heteroatoms. The molecule has 2 rings (SSSR count). The molecular formula is C15H16BrNO3. The third-order valence-corrected chi connectivity index (χ3v) is 3.43. The second-order valence-corrected chi connectivity index (χ2v) is 4.84. The summed E-state index contributed by atoms with van der Waals surface area (Å²) in [6.07, 6.45) is 1.51. The van der Waals surface area contributed by atoms with Crippen LogP contribution in [0.2, 0.25) is 0 Å². The number of furan rings is 1. The Labute approximate surface area is 126 Å². The smallest absolute Gasteiger partial charge is 0.291 e. The van der Waals surface area contributed by atoms with Crippen molar-refractivity contribution in [1.82, 2.24) is 0 Å². The van der Waals surface area contributed by atoms with Crippen molar-refractivity contribution in [3.8, 4) is 5.75 Å². The SMILES string of the molecule is CCOc1ccc(NC(=O)c2occc2C)cc1CBr. The zero-order chi connectivity index (χ0) is 14.5. The predicted molar refractivity (Wildman–Crippen MR) is 81.6 cm³/mol. The molecule has 0 aliphatic rings. The molecule has 2 aromatic rings. The van der Waals surface area contributed by atoms with Crippen molar-refractivity contribution >= 4 is 27.5 Å². The van der Waals surface area contributed by atoms with E-state index in [4.69, 9.17) is 9.15 Å². The number of hydrogen-bond donors (Lipinski definition) is 1. The number of benzene rings is 1. The molecule has 0 fully saturated rings. The predicted octanol–water partition coefficient (Wildman–Crippen LogP) is 4.13. The summed E-state index contributed by atoms with van der Waals surface area (Å²) in [5.41, 5.74) is 2.51. The van der Waals surface area contributed by atoms with Gasteiger partial charge in [-0.15, -0.1) is 0 Å². The summed E-state index contributed by atoms with van der Waals surface area (Å²) in [7, 11) is 0. The van der Waals surface area contributed by atoms with Crippen molar-refractivity contribution in [3.05, 3.63) is 47.4 Å². The molecule has 0 aliphatic heterocycles. The van der Waals surface area contributed by atoms with Gasteiger partial charge in [-0.05, 0) is 38.1 Å². The highest BCUT2D eigenvalue weighted by Crippen LogP contribution is 2.25. The van der Waals surface area contributed by atoms with Crippen LogP contribution in [0.5, 0.6) is 5.75 Å². The molecule has 1 N–H and O–H groups in total. The summed E-state index contributed by atoms with van der Waals surface area (Å²) < 4.78 is 10.7. The molecule has 1 amide bonds. The maximum atomic E-state index is 12.1. The number of amides is 1. The van der Waals surface area contributed by atoms with Crippen molar-refractivity contribution in [1.29, 1.82) is 0 Å². The van der Waals surface area contributed by atoms with E-state index in [-0.39, 0.29) is 5.91 Å². The van der Waals surface area contributed by atoms with Gasteiger partial charge in [0.2, 0.25) is 0 Å². The Hall–Kier alpha value is -1.75. The number of carbonyl (C=O) groups excluding carboxylic acids is 1. The molecular weight excluding hydrogens is 322 g/mol. The molecule has 0 unspecified atom stereocenters. The Morgan fingerprint density at radius 2 is 2.20 bits per heavy atom. The van der Waals surface area contributed by atoms with Gasteiger partial charge in [0.1, 0.15) is 5.75 Å². The fourth-order valence-electron chi connectivity index (χ4n) is 1.85. The number of rotatable bonds is 5. The van der Waals surface area contributed by atoms with Gasteiger partial charge in [-0.1, -0.05) is 15.9 Å². The van der Waals surface area contributed by atoms with Crippen LogP contribution in [0.1, 0.15) is 28.6 Å². The van der Waals surface area contributed by atoms with Crippen LogP contribution < -0.4 is 10.1 Å². The number of carbonyl (C=O) groups is 1. The topological polar surface area (TPSA) is 51.5 Å². The molecule has 0 spiro atoms. The molecule has 0 saturated heterocycles. The summed E-state index contributed by atoms with van der Waals surface area (Å²) in [5.74, 6) is 0.896. The Morgan fingerprint density at radius 3 is 2.80 bits per heavy atom. The first-order valence-corrected chi connectivity index (χ1v) is 7.45. The first-order chi connectivity index (χ1) is 9.65. The lowest BCUT2D eigenvalue weighted by molar-refractivity contribution is 0.0996. The van der Waals surface area contributed by atoms with Crippen molar-refractivity contribution < 1.29 is 13.9 Å².